The summed E-state index contributed by atoms with van der Waals surface area (Å²) in [5, 5.41) is 5.11. The van der Waals surface area contributed by atoms with E-state index in [-0.39, 0.29) is 34.7 Å². The number of halogens is 2. The standard InChI is InChI=1S/C17H18ClFN4O3/c1-10-15(16(24)23-6-2-3-7-23)22-14(26-10)9-20-17(25)21-13-5-4-11(18)8-12(13)19/h4-5,8H,2-3,6-7,9H2,1H3,(H2,20,21,25). The van der Waals surface area contributed by atoms with Crippen LogP contribution in [0.2, 0.25) is 5.02 Å². The number of amides is 3. The van der Waals surface area contributed by atoms with E-state index in [1.54, 1.807) is 11.8 Å². The van der Waals surface area contributed by atoms with E-state index in [4.69, 9.17) is 16.0 Å². The monoisotopic (exact) mass is 380 g/mol. The number of nitrogens with one attached hydrogen (secondary N) is 2. The van der Waals surface area contributed by atoms with Crippen LogP contribution in [0.5, 0.6) is 0 Å². The maximum absolute atomic E-state index is 13.7. The molecular weight excluding hydrogens is 363 g/mol. The first kappa shape index (κ1) is 18.2. The zero-order valence-electron chi connectivity index (χ0n) is 14.1. The van der Waals surface area contributed by atoms with E-state index >= 15 is 0 Å². The Morgan fingerprint density at radius 3 is 2.77 bits per heavy atom. The van der Waals surface area contributed by atoms with E-state index in [1.807, 2.05) is 0 Å². The van der Waals surface area contributed by atoms with Crippen LogP contribution in [-0.2, 0) is 6.54 Å². The molecule has 7 nitrogen and oxygen atoms in total. The van der Waals surface area contributed by atoms with E-state index in [0.717, 1.165) is 18.9 Å². The molecule has 0 saturated carbocycles. The Kier molecular flexibility index (Phi) is 5.41. The Balaban J connectivity index is 1.58. The molecule has 1 aliphatic heterocycles. The molecule has 0 aliphatic carbocycles. The van der Waals surface area contributed by atoms with Crippen molar-refractivity contribution in [3.05, 3.63) is 46.4 Å². The van der Waals surface area contributed by atoms with Gasteiger partial charge in [0.25, 0.3) is 5.91 Å². The highest BCUT2D eigenvalue weighted by molar-refractivity contribution is 6.30. The highest BCUT2D eigenvalue weighted by atomic mass is 35.5. The predicted molar refractivity (Wildman–Crippen MR) is 93.6 cm³/mol. The van der Waals surface area contributed by atoms with Crippen LogP contribution in [0.25, 0.3) is 0 Å². The normalized spacial score (nSPS) is 13.7. The lowest BCUT2D eigenvalue weighted by molar-refractivity contribution is 0.0786. The molecule has 1 aromatic carbocycles. The van der Waals surface area contributed by atoms with Gasteiger partial charge in [0, 0.05) is 18.1 Å². The molecule has 0 bridgehead atoms. The van der Waals surface area contributed by atoms with Crippen molar-refractivity contribution in [2.75, 3.05) is 18.4 Å². The van der Waals surface area contributed by atoms with Crippen LogP contribution in [0.4, 0.5) is 14.9 Å². The summed E-state index contributed by atoms with van der Waals surface area (Å²) >= 11 is 5.66. The molecule has 2 N–H and O–H groups in total. The van der Waals surface area contributed by atoms with Crippen molar-refractivity contribution in [3.63, 3.8) is 0 Å². The Morgan fingerprint density at radius 1 is 1.35 bits per heavy atom. The van der Waals surface area contributed by atoms with Gasteiger partial charge in [-0.05, 0) is 38.0 Å². The third-order valence-electron chi connectivity index (χ3n) is 4.02. The summed E-state index contributed by atoms with van der Waals surface area (Å²) in [6.45, 7) is 3.06. The average molecular weight is 381 g/mol. The fourth-order valence-corrected chi connectivity index (χ4v) is 2.87. The molecule has 1 aromatic heterocycles. The number of anilines is 1. The number of oxazole rings is 1. The lowest BCUT2D eigenvalue weighted by Crippen LogP contribution is -2.29. The number of urea groups is 1. The van der Waals surface area contributed by atoms with Gasteiger partial charge in [-0.25, -0.2) is 14.2 Å². The Morgan fingerprint density at radius 2 is 2.08 bits per heavy atom. The summed E-state index contributed by atoms with van der Waals surface area (Å²) in [5.41, 5.74) is 0.258. The van der Waals surface area contributed by atoms with Crippen LogP contribution >= 0.6 is 11.6 Å². The fraction of sp³-hybridized carbons (Fsp3) is 0.353. The Hall–Kier alpha value is -2.61. The second-order valence-corrected chi connectivity index (χ2v) is 6.38. The smallest absolute Gasteiger partial charge is 0.319 e. The number of hydrogen-bond donors (Lipinski definition) is 2. The van der Waals surface area contributed by atoms with Gasteiger partial charge in [0.15, 0.2) is 5.69 Å². The van der Waals surface area contributed by atoms with Crippen molar-refractivity contribution < 1.29 is 18.4 Å². The summed E-state index contributed by atoms with van der Waals surface area (Å²) < 4.78 is 19.1. The molecule has 0 radical (unpaired) electrons. The van der Waals surface area contributed by atoms with Gasteiger partial charge in [0.05, 0.1) is 12.2 Å². The molecule has 1 aliphatic rings. The van der Waals surface area contributed by atoms with Gasteiger partial charge >= 0.3 is 6.03 Å². The van der Waals surface area contributed by atoms with Crippen LogP contribution in [-0.4, -0.2) is 34.9 Å². The van der Waals surface area contributed by atoms with Crippen LogP contribution in [0.3, 0.4) is 0 Å². The first-order valence-electron chi connectivity index (χ1n) is 8.19. The van der Waals surface area contributed by atoms with Crippen molar-refractivity contribution in [3.8, 4) is 0 Å². The molecule has 0 spiro atoms. The van der Waals surface area contributed by atoms with Gasteiger partial charge < -0.3 is 20.0 Å². The lowest BCUT2D eigenvalue weighted by atomic mass is 10.3. The number of benzene rings is 1. The number of carbonyl (C=O) groups is 2. The zero-order valence-corrected chi connectivity index (χ0v) is 14.9. The molecule has 26 heavy (non-hydrogen) atoms. The minimum Gasteiger partial charge on any atom is -0.443 e. The van der Waals surface area contributed by atoms with E-state index in [2.05, 4.69) is 15.6 Å². The number of rotatable bonds is 4. The van der Waals surface area contributed by atoms with Gasteiger partial charge in [-0.2, -0.15) is 0 Å². The minimum atomic E-state index is -0.641. The number of carbonyl (C=O) groups excluding carboxylic acids is 2. The van der Waals surface area contributed by atoms with Gasteiger partial charge in [-0.1, -0.05) is 11.6 Å². The molecule has 2 heterocycles. The summed E-state index contributed by atoms with van der Waals surface area (Å²) in [4.78, 5) is 30.2. The molecule has 9 heteroatoms. The van der Waals surface area contributed by atoms with Gasteiger partial charge in [-0.15, -0.1) is 0 Å². The first-order valence-corrected chi connectivity index (χ1v) is 8.57. The number of aryl methyl sites for hydroxylation is 1. The largest absolute Gasteiger partial charge is 0.443 e. The van der Waals surface area contributed by atoms with Crippen LogP contribution in [0.15, 0.2) is 22.6 Å². The quantitative estimate of drug-likeness (QED) is 0.851. The molecule has 3 amide bonds. The number of hydrogen-bond acceptors (Lipinski definition) is 4. The number of likely N-dealkylation sites (tertiary alicyclic amines) is 1. The second-order valence-electron chi connectivity index (χ2n) is 5.94. The summed E-state index contributed by atoms with van der Waals surface area (Å²) in [5.74, 6) is -0.194. The van der Waals surface area contributed by atoms with Crippen molar-refractivity contribution in [2.24, 2.45) is 0 Å². The molecule has 1 saturated heterocycles. The topological polar surface area (TPSA) is 87.5 Å². The van der Waals surface area contributed by atoms with E-state index in [9.17, 15) is 14.0 Å². The van der Waals surface area contributed by atoms with Gasteiger partial charge in [-0.3, -0.25) is 4.79 Å². The summed E-state index contributed by atoms with van der Waals surface area (Å²) in [6.07, 6.45) is 1.97. The van der Waals surface area contributed by atoms with E-state index in [0.29, 0.717) is 18.8 Å². The summed E-state index contributed by atoms with van der Waals surface area (Å²) in [6, 6.07) is 3.30. The van der Waals surface area contributed by atoms with E-state index in [1.165, 1.54) is 12.1 Å². The maximum Gasteiger partial charge on any atom is 0.319 e. The third-order valence-corrected chi connectivity index (χ3v) is 4.25. The van der Waals surface area contributed by atoms with Crippen molar-refractivity contribution in [1.82, 2.24) is 15.2 Å². The molecule has 3 rings (SSSR count). The third kappa shape index (κ3) is 4.13. The first-order chi connectivity index (χ1) is 12.4. The molecule has 0 unspecified atom stereocenters. The van der Waals surface area contributed by atoms with Crippen molar-refractivity contribution >= 4 is 29.2 Å². The Bertz CT molecular complexity index is 833. The number of nitrogens with zero attached hydrogens (tertiary/aromatic N) is 2. The SMILES string of the molecule is Cc1oc(CNC(=O)Nc2ccc(Cl)cc2F)nc1C(=O)N1CCCC1. The van der Waals surface area contributed by atoms with Crippen molar-refractivity contribution in [2.45, 2.75) is 26.3 Å². The molecular formula is C17H18ClFN4O3. The fourth-order valence-electron chi connectivity index (χ4n) is 2.71. The number of aromatic nitrogens is 1. The van der Waals surface area contributed by atoms with Gasteiger partial charge in [0.1, 0.15) is 11.6 Å². The van der Waals surface area contributed by atoms with E-state index < -0.39 is 11.8 Å². The molecule has 1 fully saturated rings. The molecule has 0 atom stereocenters. The highest BCUT2D eigenvalue weighted by Crippen LogP contribution is 2.19. The predicted octanol–water partition coefficient (Wildman–Crippen LogP) is 3.33. The molecule has 138 valence electrons. The van der Waals surface area contributed by atoms with Crippen LogP contribution in [0, 0.1) is 12.7 Å². The average Bonchev–Trinajstić information content (AvgIpc) is 3.25. The van der Waals surface area contributed by atoms with Crippen LogP contribution in [0.1, 0.15) is 35.0 Å². The minimum absolute atomic E-state index is 0.000356. The van der Waals surface area contributed by atoms with Crippen LogP contribution < -0.4 is 10.6 Å². The second kappa shape index (κ2) is 7.74. The highest BCUT2D eigenvalue weighted by Gasteiger charge is 2.25. The molecule has 2 aromatic rings. The van der Waals surface area contributed by atoms with Gasteiger partial charge in [0.2, 0.25) is 5.89 Å². The summed E-state index contributed by atoms with van der Waals surface area (Å²) in [7, 11) is 0. The maximum atomic E-state index is 13.7. The zero-order chi connectivity index (χ0) is 18.7. The van der Waals surface area contributed by atoms with Crippen molar-refractivity contribution in [1.29, 1.82) is 0 Å². The Labute approximate surface area is 154 Å². The lowest BCUT2D eigenvalue weighted by Gasteiger charge is -2.13.